The van der Waals surface area contributed by atoms with Gasteiger partial charge in [-0.05, 0) is 12.1 Å². The van der Waals surface area contributed by atoms with Crippen molar-refractivity contribution in [3.8, 4) is 6.07 Å². The molecule has 0 aliphatic carbocycles. The van der Waals surface area contributed by atoms with Crippen molar-refractivity contribution in [3.05, 3.63) is 30.1 Å². The van der Waals surface area contributed by atoms with E-state index < -0.39 is 0 Å². The van der Waals surface area contributed by atoms with Gasteiger partial charge >= 0.3 is 0 Å². The maximum absolute atomic E-state index is 8.19. The molecule has 0 atom stereocenters. The van der Waals surface area contributed by atoms with Crippen LogP contribution in [-0.4, -0.2) is 17.8 Å². The topological polar surface area (TPSA) is 58.3 Å². The average Bonchev–Trinajstić information content (AvgIpc) is 2.19. The average molecular weight is 175 g/mol. The maximum Gasteiger partial charge on any atom is 0.130 e. The van der Waals surface area contributed by atoms with Gasteiger partial charge in [-0.1, -0.05) is 11.2 Å². The summed E-state index contributed by atoms with van der Waals surface area (Å²) in [4.78, 5) is 8.79. The SMILES string of the molecule is N#CCCO/N=C/c1ccccn1. The van der Waals surface area contributed by atoms with Crippen molar-refractivity contribution in [2.45, 2.75) is 6.42 Å². The Balaban J connectivity index is 2.29. The van der Waals surface area contributed by atoms with Crippen LogP contribution in [0.5, 0.6) is 0 Å². The Morgan fingerprint density at radius 1 is 1.62 bits per heavy atom. The molecule has 13 heavy (non-hydrogen) atoms. The minimum absolute atomic E-state index is 0.319. The second-order valence-corrected chi connectivity index (χ2v) is 2.23. The number of nitrogens with zero attached hydrogens (tertiary/aromatic N) is 3. The fourth-order valence-electron chi connectivity index (χ4n) is 0.688. The molecule has 0 spiro atoms. The molecule has 4 nitrogen and oxygen atoms in total. The molecule has 0 aliphatic heterocycles. The number of nitriles is 1. The van der Waals surface area contributed by atoms with E-state index in [0.717, 1.165) is 5.69 Å². The third-order valence-electron chi connectivity index (χ3n) is 1.25. The lowest BCUT2D eigenvalue weighted by Gasteiger charge is -1.92. The van der Waals surface area contributed by atoms with E-state index in [-0.39, 0.29) is 0 Å². The van der Waals surface area contributed by atoms with Crippen LogP contribution in [0.3, 0.4) is 0 Å². The number of hydrogen-bond acceptors (Lipinski definition) is 4. The summed E-state index contributed by atoms with van der Waals surface area (Å²) in [7, 11) is 0. The van der Waals surface area contributed by atoms with Crippen LogP contribution >= 0.6 is 0 Å². The van der Waals surface area contributed by atoms with Crippen molar-refractivity contribution in [1.82, 2.24) is 4.98 Å². The Hall–Kier alpha value is -1.89. The molecule has 0 unspecified atom stereocenters. The van der Waals surface area contributed by atoms with Gasteiger partial charge < -0.3 is 4.84 Å². The van der Waals surface area contributed by atoms with Gasteiger partial charge in [-0.25, -0.2) is 0 Å². The van der Waals surface area contributed by atoms with Gasteiger partial charge in [0, 0.05) is 6.20 Å². The predicted octanol–water partition coefficient (Wildman–Crippen LogP) is 1.35. The first-order valence-corrected chi connectivity index (χ1v) is 3.87. The summed E-state index contributed by atoms with van der Waals surface area (Å²) < 4.78 is 0. The van der Waals surface area contributed by atoms with Crippen molar-refractivity contribution < 1.29 is 4.84 Å². The van der Waals surface area contributed by atoms with E-state index >= 15 is 0 Å². The summed E-state index contributed by atoms with van der Waals surface area (Å²) in [6, 6.07) is 7.46. The molecule has 0 saturated carbocycles. The van der Waals surface area contributed by atoms with Crippen molar-refractivity contribution in [2.24, 2.45) is 5.16 Å². The van der Waals surface area contributed by atoms with Gasteiger partial charge in [0.25, 0.3) is 0 Å². The van der Waals surface area contributed by atoms with Gasteiger partial charge in [0.2, 0.25) is 0 Å². The molecule has 66 valence electrons. The first kappa shape index (κ1) is 9.20. The van der Waals surface area contributed by atoms with Gasteiger partial charge in [-0.2, -0.15) is 5.26 Å². The van der Waals surface area contributed by atoms with E-state index in [9.17, 15) is 0 Å². The van der Waals surface area contributed by atoms with Crippen LogP contribution in [0.25, 0.3) is 0 Å². The van der Waals surface area contributed by atoms with Crippen LogP contribution in [0.2, 0.25) is 0 Å². The minimum Gasteiger partial charge on any atom is -0.395 e. The molecule has 0 fully saturated rings. The van der Waals surface area contributed by atoms with Crippen LogP contribution in [0.4, 0.5) is 0 Å². The number of pyridine rings is 1. The van der Waals surface area contributed by atoms with Crippen molar-refractivity contribution in [3.63, 3.8) is 0 Å². The zero-order valence-corrected chi connectivity index (χ0v) is 7.05. The number of oxime groups is 1. The van der Waals surface area contributed by atoms with Crippen LogP contribution in [0, 0.1) is 11.3 Å². The van der Waals surface area contributed by atoms with E-state index in [1.54, 1.807) is 6.20 Å². The first-order valence-electron chi connectivity index (χ1n) is 3.87. The van der Waals surface area contributed by atoms with E-state index in [1.807, 2.05) is 24.3 Å². The molecule has 1 aromatic heterocycles. The highest BCUT2D eigenvalue weighted by atomic mass is 16.6. The molecule has 1 rings (SSSR count). The third kappa shape index (κ3) is 3.87. The zero-order chi connectivity index (χ0) is 9.36. The van der Waals surface area contributed by atoms with Crippen molar-refractivity contribution in [1.29, 1.82) is 5.26 Å². The van der Waals surface area contributed by atoms with E-state index in [2.05, 4.69) is 10.1 Å². The van der Waals surface area contributed by atoms with E-state index in [0.29, 0.717) is 13.0 Å². The van der Waals surface area contributed by atoms with Crippen molar-refractivity contribution >= 4 is 6.21 Å². The summed E-state index contributed by atoms with van der Waals surface area (Å²) in [5, 5.41) is 11.8. The second-order valence-electron chi connectivity index (χ2n) is 2.23. The largest absolute Gasteiger partial charge is 0.395 e. The number of rotatable bonds is 4. The fraction of sp³-hybridized carbons (Fsp3) is 0.222. The standard InChI is InChI=1S/C9H9N3O/c10-5-3-7-13-12-8-9-4-1-2-6-11-9/h1-2,4,6,8H,3,7H2/b12-8+. The van der Waals surface area contributed by atoms with Crippen LogP contribution in [0.15, 0.2) is 29.6 Å². The summed E-state index contributed by atoms with van der Waals surface area (Å²) in [6.45, 7) is 0.319. The highest BCUT2D eigenvalue weighted by molar-refractivity contribution is 5.76. The molecule has 0 N–H and O–H groups in total. The lowest BCUT2D eigenvalue weighted by atomic mass is 10.4. The molecule has 1 aromatic rings. The highest BCUT2D eigenvalue weighted by Gasteiger charge is 1.85. The molecule has 0 amide bonds. The Morgan fingerprint density at radius 3 is 3.23 bits per heavy atom. The predicted molar refractivity (Wildman–Crippen MR) is 48.0 cm³/mol. The summed E-state index contributed by atoms with van der Waals surface area (Å²) in [6.07, 6.45) is 3.54. The highest BCUT2D eigenvalue weighted by Crippen LogP contribution is 1.89. The van der Waals surface area contributed by atoms with Crippen molar-refractivity contribution in [2.75, 3.05) is 6.61 Å². The quantitative estimate of drug-likeness (QED) is 0.394. The van der Waals surface area contributed by atoms with Gasteiger partial charge in [-0.15, -0.1) is 0 Å². The molecule has 1 heterocycles. The monoisotopic (exact) mass is 175 g/mol. The number of aromatic nitrogens is 1. The molecule has 0 aliphatic rings. The second kappa shape index (κ2) is 5.72. The fourth-order valence-corrected chi connectivity index (χ4v) is 0.688. The third-order valence-corrected chi connectivity index (χ3v) is 1.25. The zero-order valence-electron chi connectivity index (χ0n) is 7.05. The molecule has 0 radical (unpaired) electrons. The summed E-state index contributed by atoms with van der Waals surface area (Å²) in [5.41, 5.74) is 0.736. The minimum atomic E-state index is 0.319. The lowest BCUT2D eigenvalue weighted by Crippen LogP contribution is -1.89. The van der Waals surface area contributed by atoms with Crippen LogP contribution in [-0.2, 0) is 4.84 Å². The van der Waals surface area contributed by atoms with Gasteiger partial charge in [0.05, 0.1) is 24.4 Å². The Morgan fingerprint density at radius 2 is 2.54 bits per heavy atom. The normalized spacial score (nSPS) is 9.77. The molecule has 0 aromatic carbocycles. The summed E-state index contributed by atoms with van der Waals surface area (Å²) >= 11 is 0. The van der Waals surface area contributed by atoms with Crippen LogP contribution in [0.1, 0.15) is 12.1 Å². The van der Waals surface area contributed by atoms with E-state index in [4.69, 9.17) is 10.1 Å². The lowest BCUT2D eigenvalue weighted by molar-refractivity contribution is 0.152. The van der Waals surface area contributed by atoms with Crippen LogP contribution < -0.4 is 0 Å². The molecule has 4 heteroatoms. The Bertz CT molecular complexity index is 302. The smallest absolute Gasteiger partial charge is 0.130 e. The van der Waals surface area contributed by atoms with E-state index in [1.165, 1.54) is 6.21 Å². The summed E-state index contributed by atoms with van der Waals surface area (Å²) in [5.74, 6) is 0. The number of hydrogen-bond donors (Lipinski definition) is 0. The molecular formula is C9H9N3O. The Labute approximate surface area is 76.5 Å². The van der Waals surface area contributed by atoms with Gasteiger partial charge in [-0.3, -0.25) is 4.98 Å². The molecule has 0 saturated heterocycles. The molecular weight excluding hydrogens is 166 g/mol. The van der Waals surface area contributed by atoms with Gasteiger partial charge in [0.1, 0.15) is 6.61 Å². The maximum atomic E-state index is 8.19. The first-order chi connectivity index (χ1) is 6.43. The van der Waals surface area contributed by atoms with Gasteiger partial charge in [0.15, 0.2) is 0 Å². The Kier molecular flexibility index (Phi) is 4.05. The molecule has 0 bridgehead atoms.